The number of aryl methyl sites for hydroxylation is 1. The quantitative estimate of drug-likeness (QED) is 0.240. The zero-order valence-electron chi connectivity index (χ0n) is 21.8. The van der Waals surface area contributed by atoms with Crippen molar-refractivity contribution in [3.8, 4) is 0 Å². The van der Waals surface area contributed by atoms with Crippen LogP contribution in [-0.2, 0) is 12.8 Å². The summed E-state index contributed by atoms with van der Waals surface area (Å²) >= 11 is 0. The van der Waals surface area contributed by atoms with E-state index in [1.54, 1.807) is 0 Å². The Labute approximate surface area is 218 Å². The smallest absolute Gasteiger partial charge is 0.0336 e. The van der Waals surface area contributed by atoms with Crippen molar-refractivity contribution in [3.05, 3.63) is 162 Å². The number of fused-ring (bicyclic) bond motifs is 1. The first-order chi connectivity index (χ1) is 17.7. The van der Waals surface area contributed by atoms with Crippen LogP contribution in [0.3, 0.4) is 0 Å². The lowest BCUT2D eigenvalue weighted by molar-refractivity contribution is 0.818. The molecule has 184 valence electrons. The predicted molar refractivity (Wildman–Crippen MR) is 159 cm³/mol. The first-order valence-corrected chi connectivity index (χ1v) is 13.0. The molecule has 36 heavy (non-hydrogen) atoms. The zero-order valence-corrected chi connectivity index (χ0v) is 21.8. The summed E-state index contributed by atoms with van der Waals surface area (Å²) in [6.07, 6.45) is 27.7. The van der Waals surface area contributed by atoms with Crippen LogP contribution in [0.15, 0.2) is 145 Å². The summed E-state index contributed by atoms with van der Waals surface area (Å²) in [6, 6.07) is 19.3. The van der Waals surface area contributed by atoms with E-state index >= 15 is 0 Å². The molecular weight excluding hydrogens is 434 g/mol. The minimum absolute atomic E-state index is 0.890. The van der Waals surface area contributed by atoms with Gasteiger partial charge in [-0.3, -0.25) is 0 Å². The summed E-state index contributed by atoms with van der Waals surface area (Å²) in [4.78, 5) is 0. The molecule has 1 nitrogen and oxygen atoms in total. The molecule has 0 saturated carbocycles. The third kappa shape index (κ3) is 8.43. The van der Waals surface area contributed by atoms with Gasteiger partial charge in [-0.2, -0.15) is 0 Å². The van der Waals surface area contributed by atoms with Crippen molar-refractivity contribution in [2.24, 2.45) is 0 Å². The van der Waals surface area contributed by atoms with Gasteiger partial charge in [0.15, 0.2) is 0 Å². The molecule has 0 fully saturated rings. The van der Waals surface area contributed by atoms with Gasteiger partial charge in [-0.15, -0.1) is 0 Å². The molecule has 1 aliphatic carbocycles. The second-order valence-electron chi connectivity index (χ2n) is 8.79. The number of hydrogen-bond acceptors (Lipinski definition) is 1. The Morgan fingerprint density at radius 1 is 0.944 bits per heavy atom. The Balaban J connectivity index is 1.51. The molecular formula is C35H39N. The number of nitrogens with one attached hydrogen (secondary N) is 1. The van der Waals surface area contributed by atoms with Crippen LogP contribution in [0, 0.1) is 0 Å². The number of hydrogen-bond donors (Lipinski definition) is 1. The fourth-order valence-corrected chi connectivity index (χ4v) is 4.35. The van der Waals surface area contributed by atoms with Crippen LogP contribution < -0.4 is 5.32 Å². The first-order valence-electron chi connectivity index (χ1n) is 13.0. The maximum atomic E-state index is 3.91. The zero-order chi connectivity index (χ0) is 25.4. The summed E-state index contributed by atoms with van der Waals surface area (Å²) in [6.45, 7) is 8.93. The van der Waals surface area contributed by atoms with Crippen molar-refractivity contribution in [2.45, 2.75) is 39.5 Å². The summed E-state index contributed by atoms with van der Waals surface area (Å²) < 4.78 is 0. The predicted octanol–water partition coefficient (Wildman–Crippen LogP) is 8.87. The Hall–Kier alpha value is -3.84. The van der Waals surface area contributed by atoms with Gasteiger partial charge in [-0.25, -0.2) is 0 Å². The molecule has 0 atom stereocenters. The molecule has 1 N–H and O–H groups in total. The van der Waals surface area contributed by atoms with E-state index in [0.29, 0.717) is 0 Å². The van der Waals surface area contributed by atoms with Crippen molar-refractivity contribution >= 4 is 5.57 Å². The maximum absolute atomic E-state index is 3.91. The Morgan fingerprint density at radius 3 is 2.53 bits per heavy atom. The van der Waals surface area contributed by atoms with Crippen LogP contribution in [0.25, 0.3) is 5.57 Å². The highest BCUT2D eigenvalue weighted by Crippen LogP contribution is 2.36. The number of allylic oxidation sites excluding steroid dienone is 13. The van der Waals surface area contributed by atoms with E-state index in [4.69, 9.17) is 0 Å². The molecule has 2 aromatic carbocycles. The van der Waals surface area contributed by atoms with Gasteiger partial charge < -0.3 is 5.32 Å². The summed E-state index contributed by atoms with van der Waals surface area (Å²) in [7, 11) is 0. The minimum Gasteiger partial charge on any atom is -0.385 e. The van der Waals surface area contributed by atoms with E-state index in [-0.39, 0.29) is 0 Å². The van der Waals surface area contributed by atoms with Gasteiger partial charge in [0.05, 0.1) is 0 Å². The van der Waals surface area contributed by atoms with E-state index in [0.717, 1.165) is 37.9 Å². The Bertz CT molecular complexity index is 1200. The fraction of sp³-hybridized carbons (Fsp3) is 0.200. The van der Waals surface area contributed by atoms with Gasteiger partial charge in [0.25, 0.3) is 0 Å². The van der Waals surface area contributed by atoms with Gasteiger partial charge >= 0.3 is 0 Å². The average Bonchev–Trinajstić information content (AvgIpc) is 3.26. The van der Waals surface area contributed by atoms with E-state index < -0.39 is 0 Å². The molecule has 0 aromatic heterocycles. The normalized spacial score (nSPS) is 16.6. The van der Waals surface area contributed by atoms with Crippen molar-refractivity contribution in [1.82, 2.24) is 5.32 Å². The molecule has 1 aliphatic rings. The summed E-state index contributed by atoms with van der Waals surface area (Å²) in [5.41, 5.74) is 9.15. The molecule has 1 heteroatoms. The van der Waals surface area contributed by atoms with Crippen LogP contribution >= 0.6 is 0 Å². The third-order valence-electron chi connectivity index (χ3n) is 6.18. The van der Waals surface area contributed by atoms with E-state index in [1.165, 1.54) is 33.4 Å². The fourth-order valence-electron chi connectivity index (χ4n) is 4.35. The molecule has 0 spiro atoms. The summed E-state index contributed by atoms with van der Waals surface area (Å²) in [5.74, 6) is 0. The minimum atomic E-state index is 0.890. The van der Waals surface area contributed by atoms with Gasteiger partial charge in [-0.1, -0.05) is 116 Å². The highest BCUT2D eigenvalue weighted by molar-refractivity contribution is 5.86. The lowest BCUT2D eigenvalue weighted by Gasteiger charge is -2.06. The van der Waals surface area contributed by atoms with E-state index in [1.807, 2.05) is 6.08 Å². The second kappa shape index (κ2) is 15.2. The first kappa shape index (κ1) is 26.8. The highest BCUT2D eigenvalue weighted by Gasteiger charge is 2.19. The molecule has 0 radical (unpaired) electrons. The molecule has 0 aliphatic heterocycles. The van der Waals surface area contributed by atoms with Crippen molar-refractivity contribution in [1.29, 1.82) is 0 Å². The third-order valence-corrected chi connectivity index (χ3v) is 6.18. The molecule has 0 bridgehead atoms. The van der Waals surface area contributed by atoms with Gasteiger partial charge in [0.1, 0.15) is 0 Å². The maximum Gasteiger partial charge on any atom is 0.0336 e. The van der Waals surface area contributed by atoms with Gasteiger partial charge in [0, 0.05) is 12.2 Å². The Kier molecular flexibility index (Phi) is 11.3. The molecule has 0 saturated heterocycles. The van der Waals surface area contributed by atoms with Gasteiger partial charge in [-0.05, 0) is 85.1 Å². The topological polar surface area (TPSA) is 12.0 Å². The lowest BCUT2D eigenvalue weighted by atomic mass is 10.0. The Morgan fingerprint density at radius 2 is 1.75 bits per heavy atom. The molecule has 0 unspecified atom stereocenters. The standard InChI is InChI=1S/C35H39N/c1-4-16-33(25-14-22-29(6-3)18-10-11-21-30-19-8-7-9-20-30)36-27-15-24-32-28-31-23-12-13-26-35(31)34(32)17-5-2/h4-10,12-14,16-20,22-26,36H,2,11,15,21,27-28H2,1,3H3/b16-4-,18-10-,22-14+,29-6+,32-24-,33-25+,34-17+. The summed E-state index contributed by atoms with van der Waals surface area (Å²) in [5, 5.41) is 3.58. The van der Waals surface area contributed by atoms with Crippen molar-refractivity contribution in [3.63, 3.8) is 0 Å². The lowest BCUT2D eigenvalue weighted by Crippen LogP contribution is -2.12. The van der Waals surface area contributed by atoms with Crippen molar-refractivity contribution < 1.29 is 0 Å². The number of rotatable bonds is 12. The van der Waals surface area contributed by atoms with Crippen LogP contribution in [0.1, 0.15) is 43.4 Å². The SMILES string of the molecule is C=C/C=C1\C(=C/CCNC(/C=C\C)=C/C=C/C(/C=C\CCc2ccccc2)=C/C)Cc2ccccc21. The second-order valence-corrected chi connectivity index (χ2v) is 8.79. The van der Waals surface area contributed by atoms with Crippen LogP contribution in [0.4, 0.5) is 0 Å². The van der Waals surface area contributed by atoms with Crippen LogP contribution in [0.2, 0.25) is 0 Å². The average molecular weight is 474 g/mol. The van der Waals surface area contributed by atoms with E-state index in [9.17, 15) is 0 Å². The largest absolute Gasteiger partial charge is 0.385 e. The van der Waals surface area contributed by atoms with Gasteiger partial charge in [0.2, 0.25) is 0 Å². The monoisotopic (exact) mass is 473 g/mol. The molecule has 0 heterocycles. The van der Waals surface area contributed by atoms with Crippen LogP contribution in [-0.4, -0.2) is 6.54 Å². The van der Waals surface area contributed by atoms with E-state index in [2.05, 4.69) is 141 Å². The number of benzene rings is 2. The van der Waals surface area contributed by atoms with Crippen LogP contribution in [0.5, 0.6) is 0 Å². The van der Waals surface area contributed by atoms with Crippen molar-refractivity contribution in [2.75, 3.05) is 6.54 Å². The molecule has 0 amide bonds. The molecule has 2 aromatic rings. The molecule has 3 rings (SSSR count). The highest BCUT2D eigenvalue weighted by atomic mass is 14.9.